The maximum absolute atomic E-state index is 5.63. The summed E-state index contributed by atoms with van der Waals surface area (Å²) in [4.78, 5) is 8.34. The van der Waals surface area contributed by atoms with E-state index >= 15 is 0 Å². The minimum absolute atomic E-state index is 0.579. The highest BCUT2D eigenvalue weighted by atomic mass is 79.9. The van der Waals surface area contributed by atoms with Crippen molar-refractivity contribution in [1.29, 1.82) is 0 Å². The number of aromatic nitrogens is 2. The number of pyridine rings is 2. The normalized spacial score (nSPS) is 14.4. The van der Waals surface area contributed by atoms with E-state index in [2.05, 4.69) is 31.2 Å². The van der Waals surface area contributed by atoms with Crippen LogP contribution in [0.2, 0.25) is 0 Å². The predicted molar refractivity (Wildman–Crippen MR) is 76.1 cm³/mol. The summed E-state index contributed by atoms with van der Waals surface area (Å²) in [7, 11) is 0. The topological polar surface area (TPSA) is 47.0 Å². The van der Waals surface area contributed by atoms with Crippen LogP contribution in [0.25, 0.3) is 0 Å². The number of ether oxygens (including phenoxy) is 1. The lowest BCUT2D eigenvalue weighted by Gasteiger charge is -2.06. The molecule has 1 fully saturated rings. The van der Waals surface area contributed by atoms with Gasteiger partial charge < -0.3 is 10.1 Å². The molecule has 1 N–H and O–H groups in total. The molecule has 0 saturated heterocycles. The average molecular weight is 320 g/mol. The van der Waals surface area contributed by atoms with Crippen LogP contribution in [0.15, 0.2) is 41.3 Å². The Morgan fingerprint density at radius 3 is 2.84 bits per heavy atom. The first-order chi connectivity index (χ1) is 9.29. The molecule has 19 heavy (non-hydrogen) atoms. The average Bonchev–Trinajstić information content (AvgIpc) is 3.22. The molecule has 0 spiro atoms. The standard InChI is InChI=1S/C14H14BrN3O/c15-11-5-13(9-16-8-11)19-14-4-1-10(7-18-14)6-17-12-2-3-12/h1,4-5,7-9,12,17H,2-3,6H2. The van der Waals surface area contributed by atoms with Gasteiger partial charge in [0.15, 0.2) is 0 Å². The molecular weight excluding hydrogens is 306 g/mol. The van der Waals surface area contributed by atoms with Crippen molar-refractivity contribution in [2.75, 3.05) is 0 Å². The lowest BCUT2D eigenvalue weighted by Crippen LogP contribution is -2.15. The Morgan fingerprint density at radius 1 is 1.26 bits per heavy atom. The Bertz CT molecular complexity index is 555. The summed E-state index contributed by atoms with van der Waals surface area (Å²) >= 11 is 3.36. The van der Waals surface area contributed by atoms with E-state index in [1.54, 1.807) is 12.4 Å². The van der Waals surface area contributed by atoms with E-state index in [4.69, 9.17) is 4.74 Å². The molecule has 1 aliphatic rings. The molecule has 98 valence electrons. The van der Waals surface area contributed by atoms with Crippen molar-refractivity contribution < 1.29 is 4.74 Å². The summed E-state index contributed by atoms with van der Waals surface area (Å²) in [6, 6.07) is 6.48. The molecule has 0 aliphatic heterocycles. The molecule has 0 bridgehead atoms. The Kier molecular flexibility index (Phi) is 3.75. The van der Waals surface area contributed by atoms with Crippen molar-refractivity contribution in [3.05, 3.63) is 46.8 Å². The Morgan fingerprint density at radius 2 is 2.16 bits per heavy atom. The molecule has 0 unspecified atom stereocenters. The van der Waals surface area contributed by atoms with Gasteiger partial charge in [0.2, 0.25) is 5.88 Å². The maximum Gasteiger partial charge on any atom is 0.219 e. The van der Waals surface area contributed by atoms with Crippen molar-refractivity contribution in [2.45, 2.75) is 25.4 Å². The molecule has 0 radical (unpaired) electrons. The van der Waals surface area contributed by atoms with Crippen LogP contribution in [-0.2, 0) is 6.54 Å². The molecule has 0 amide bonds. The lowest BCUT2D eigenvalue weighted by atomic mass is 10.3. The zero-order valence-corrected chi connectivity index (χ0v) is 11.9. The van der Waals surface area contributed by atoms with E-state index in [-0.39, 0.29) is 0 Å². The van der Waals surface area contributed by atoms with E-state index in [0.29, 0.717) is 17.7 Å². The van der Waals surface area contributed by atoms with Crippen LogP contribution in [0.1, 0.15) is 18.4 Å². The van der Waals surface area contributed by atoms with Crippen molar-refractivity contribution in [2.24, 2.45) is 0 Å². The van der Waals surface area contributed by atoms with Crippen LogP contribution >= 0.6 is 15.9 Å². The van der Waals surface area contributed by atoms with Crippen LogP contribution in [-0.4, -0.2) is 16.0 Å². The Hall–Kier alpha value is -1.46. The molecule has 5 heteroatoms. The van der Waals surface area contributed by atoms with Gasteiger partial charge in [-0.2, -0.15) is 0 Å². The first-order valence-electron chi connectivity index (χ1n) is 6.26. The fourth-order valence-electron chi connectivity index (χ4n) is 1.69. The highest BCUT2D eigenvalue weighted by Gasteiger charge is 2.19. The highest BCUT2D eigenvalue weighted by molar-refractivity contribution is 9.10. The molecule has 3 rings (SSSR count). The van der Waals surface area contributed by atoms with Gasteiger partial charge in [0.25, 0.3) is 0 Å². The van der Waals surface area contributed by atoms with Gasteiger partial charge in [-0.05, 0) is 40.4 Å². The molecule has 2 aromatic heterocycles. The summed E-state index contributed by atoms with van der Waals surface area (Å²) in [5, 5.41) is 3.45. The van der Waals surface area contributed by atoms with Gasteiger partial charge in [-0.25, -0.2) is 4.98 Å². The number of hydrogen-bond donors (Lipinski definition) is 1. The van der Waals surface area contributed by atoms with Crippen LogP contribution in [0.3, 0.4) is 0 Å². The van der Waals surface area contributed by atoms with E-state index in [1.807, 2.05) is 24.4 Å². The van der Waals surface area contributed by atoms with Crippen LogP contribution in [0.4, 0.5) is 0 Å². The fraction of sp³-hybridized carbons (Fsp3) is 0.286. The summed E-state index contributed by atoms with van der Waals surface area (Å²) in [6.07, 6.45) is 7.81. The second-order valence-electron chi connectivity index (χ2n) is 4.60. The molecule has 2 aromatic rings. The number of nitrogens with zero attached hydrogens (tertiary/aromatic N) is 2. The van der Waals surface area contributed by atoms with Crippen molar-refractivity contribution in [3.63, 3.8) is 0 Å². The van der Waals surface area contributed by atoms with Crippen LogP contribution in [0.5, 0.6) is 11.6 Å². The first-order valence-corrected chi connectivity index (χ1v) is 7.05. The van der Waals surface area contributed by atoms with Gasteiger partial charge in [0.05, 0.1) is 6.20 Å². The summed E-state index contributed by atoms with van der Waals surface area (Å²) in [5.74, 6) is 1.25. The Labute approximate surface area is 120 Å². The van der Waals surface area contributed by atoms with Gasteiger partial charge in [0, 0.05) is 35.5 Å². The number of halogens is 1. The predicted octanol–water partition coefficient (Wildman–Crippen LogP) is 3.28. The molecule has 0 aromatic carbocycles. The third kappa shape index (κ3) is 3.75. The van der Waals surface area contributed by atoms with Gasteiger partial charge in [-0.15, -0.1) is 0 Å². The molecular formula is C14H14BrN3O. The smallest absolute Gasteiger partial charge is 0.219 e. The summed E-state index contributed by atoms with van der Waals surface area (Å²) in [5.41, 5.74) is 1.17. The summed E-state index contributed by atoms with van der Waals surface area (Å²) < 4.78 is 6.51. The second kappa shape index (κ2) is 5.67. The van der Waals surface area contributed by atoms with Crippen molar-refractivity contribution >= 4 is 15.9 Å². The maximum atomic E-state index is 5.63. The van der Waals surface area contributed by atoms with Crippen LogP contribution in [0, 0.1) is 0 Å². The summed E-state index contributed by atoms with van der Waals surface area (Å²) in [6.45, 7) is 0.871. The van der Waals surface area contributed by atoms with Gasteiger partial charge in [-0.3, -0.25) is 4.98 Å². The van der Waals surface area contributed by atoms with Gasteiger partial charge in [0.1, 0.15) is 5.75 Å². The molecule has 4 nitrogen and oxygen atoms in total. The third-order valence-electron chi connectivity index (χ3n) is 2.87. The Balaban J connectivity index is 1.61. The second-order valence-corrected chi connectivity index (χ2v) is 5.52. The molecule has 2 heterocycles. The van der Waals surface area contributed by atoms with E-state index < -0.39 is 0 Å². The molecule has 0 atom stereocenters. The lowest BCUT2D eigenvalue weighted by molar-refractivity contribution is 0.459. The number of rotatable bonds is 5. The number of hydrogen-bond acceptors (Lipinski definition) is 4. The monoisotopic (exact) mass is 319 g/mol. The van der Waals surface area contributed by atoms with Gasteiger partial charge in [-0.1, -0.05) is 6.07 Å². The fourth-order valence-corrected chi connectivity index (χ4v) is 2.04. The quantitative estimate of drug-likeness (QED) is 0.918. The van der Waals surface area contributed by atoms with E-state index in [9.17, 15) is 0 Å². The number of nitrogens with one attached hydrogen (secondary N) is 1. The minimum atomic E-state index is 0.579. The zero-order valence-electron chi connectivity index (χ0n) is 10.3. The van der Waals surface area contributed by atoms with E-state index in [1.165, 1.54) is 18.4 Å². The van der Waals surface area contributed by atoms with Crippen molar-refractivity contribution in [1.82, 2.24) is 15.3 Å². The highest BCUT2D eigenvalue weighted by Crippen LogP contribution is 2.22. The first kappa shape index (κ1) is 12.6. The SMILES string of the molecule is Brc1cncc(Oc2ccc(CNC3CC3)cn2)c1. The zero-order chi connectivity index (χ0) is 13.1. The molecule has 1 saturated carbocycles. The third-order valence-corrected chi connectivity index (χ3v) is 3.31. The van der Waals surface area contributed by atoms with Crippen LogP contribution < -0.4 is 10.1 Å². The molecule has 1 aliphatic carbocycles. The minimum Gasteiger partial charge on any atom is -0.437 e. The van der Waals surface area contributed by atoms with Crippen molar-refractivity contribution in [3.8, 4) is 11.6 Å². The van der Waals surface area contributed by atoms with E-state index in [0.717, 1.165) is 11.0 Å². The van der Waals surface area contributed by atoms with Gasteiger partial charge >= 0.3 is 0 Å². The largest absolute Gasteiger partial charge is 0.437 e.